The van der Waals surface area contributed by atoms with Gasteiger partial charge in [-0.2, -0.15) is 0 Å². The van der Waals surface area contributed by atoms with Gasteiger partial charge in [0, 0.05) is 23.0 Å². The van der Waals surface area contributed by atoms with E-state index in [4.69, 9.17) is 14.2 Å². The molecule has 0 amide bonds. The van der Waals surface area contributed by atoms with Gasteiger partial charge in [-0.3, -0.25) is 9.59 Å². The molecular formula is C35H45O6P. The van der Waals surface area contributed by atoms with Crippen molar-refractivity contribution in [3.63, 3.8) is 0 Å². The lowest BCUT2D eigenvalue weighted by atomic mass is 9.72. The summed E-state index contributed by atoms with van der Waals surface area (Å²) in [6.07, 6.45) is 0. The van der Waals surface area contributed by atoms with Crippen LogP contribution in [0.15, 0.2) is 54.6 Å². The van der Waals surface area contributed by atoms with E-state index in [2.05, 4.69) is 20.8 Å². The molecule has 0 N–H and O–H groups in total. The molecule has 1 unspecified atom stereocenters. The second-order valence-corrected chi connectivity index (χ2v) is 16.2. The number of rotatable bonds is 8. The predicted molar refractivity (Wildman–Crippen MR) is 171 cm³/mol. The van der Waals surface area contributed by atoms with Gasteiger partial charge in [0.2, 0.25) is 18.2 Å². The number of benzene rings is 3. The van der Waals surface area contributed by atoms with Gasteiger partial charge in [0.05, 0.1) is 21.3 Å². The molecule has 3 aromatic carbocycles. The van der Waals surface area contributed by atoms with Crippen LogP contribution in [0.2, 0.25) is 0 Å². The van der Waals surface area contributed by atoms with Gasteiger partial charge in [-0.1, -0.05) is 105 Å². The van der Waals surface area contributed by atoms with Crippen LogP contribution in [-0.4, -0.2) is 32.4 Å². The second-order valence-electron chi connectivity index (χ2n) is 13.7. The second kappa shape index (κ2) is 11.7. The molecular weight excluding hydrogens is 547 g/mol. The van der Waals surface area contributed by atoms with Gasteiger partial charge in [-0.05, 0) is 32.9 Å². The molecule has 1 atom stereocenters. The van der Waals surface area contributed by atoms with Crippen molar-refractivity contribution in [2.24, 2.45) is 0 Å². The fraction of sp³-hybridized carbons (Fsp3) is 0.429. The first-order valence-electron chi connectivity index (χ1n) is 14.1. The molecule has 0 aliphatic rings. The molecule has 7 heteroatoms. The summed E-state index contributed by atoms with van der Waals surface area (Å²) >= 11 is 0. The minimum absolute atomic E-state index is 0.0673. The standard InChI is InChI=1S/C35H45O6P/c1-33(2,3)22-18-25(34(4,5)6)29(26(19-22)35(7,8)9)31(36)42(38,24-16-14-13-15-17-24)32(37)30-27(40-11)20-23(39-10)21-28(30)41-12/h13-21H,1-12H3. The average Bonchev–Trinajstić information content (AvgIpc) is 2.93. The SMILES string of the molecule is COc1cc(OC)c(C(=O)P(=O)(C(=O)c2c(C(C)(C)C)cc(C(C)(C)C)cc2C(C)(C)C)c2ccccc2)c(OC)c1. The van der Waals surface area contributed by atoms with Gasteiger partial charge in [0.25, 0.3) is 0 Å². The maximum Gasteiger partial charge on any atom is 0.249 e. The Hall–Kier alpha value is -3.37. The lowest BCUT2D eigenvalue weighted by Crippen LogP contribution is -2.29. The largest absolute Gasteiger partial charge is 0.496 e. The molecule has 0 spiro atoms. The van der Waals surface area contributed by atoms with Crippen LogP contribution in [0, 0.1) is 0 Å². The van der Waals surface area contributed by atoms with E-state index in [1.165, 1.54) is 33.5 Å². The molecule has 42 heavy (non-hydrogen) atoms. The summed E-state index contributed by atoms with van der Waals surface area (Å²) in [4.78, 5) is 29.8. The number of hydrogen-bond acceptors (Lipinski definition) is 6. The monoisotopic (exact) mass is 592 g/mol. The average molecular weight is 593 g/mol. The molecule has 0 aromatic heterocycles. The highest BCUT2D eigenvalue weighted by Crippen LogP contribution is 2.56. The number of ether oxygens (including phenoxy) is 3. The summed E-state index contributed by atoms with van der Waals surface area (Å²) in [5, 5.41) is 0.152. The third-order valence-electron chi connectivity index (χ3n) is 7.45. The molecule has 0 aliphatic carbocycles. The highest BCUT2D eigenvalue weighted by atomic mass is 31.2. The number of carbonyl (C=O) groups is 2. The van der Waals surface area contributed by atoms with Crippen molar-refractivity contribution in [1.29, 1.82) is 0 Å². The van der Waals surface area contributed by atoms with E-state index in [1.54, 1.807) is 30.3 Å². The van der Waals surface area contributed by atoms with Crippen molar-refractivity contribution in [1.82, 2.24) is 0 Å². The van der Waals surface area contributed by atoms with Crippen molar-refractivity contribution in [3.05, 3.63) is 82.4 Å². The topological polar surface area (TPSA) is 78.9 Å². The van der Waals surface area contributed by atoms with E-state index in [1.807, 2.05) is 53.7 Å². The Labute approximate surface area is 251 Å². The van der Waals surface area contributed by atoms with Crippen molar-refractivity contribution in [2.75, 3.05) is 21.3 Å². The van der Waals surface area contributed by atoms with E-state index >= 15 is 9.36 Å². The Kier molecular flexibility index (Phi) is 9.25. The Balaban J connectivity index is 2.53. The van der Waals surface area contributed by atoms with Gasteiger partial charge in [-0.25, -0.2) is 0 Å². The van der Waals surface area contributed by atoms with E-state index in [0.717, 1.165) is 16.7 Å². The molecule has 226 valence electrons. The zero-order chi connectivity index (χ0) is 31.8. The summed E-state index contributed by atoms with van der Waals surface area (Å²) < 4.78 is 32.0. The molecule has 6 nitrogen and oxygen atoms in total. The van der Waals surface area contributed by atoms with Gasteiger partial charge < -0.3 is 18.8 Å². The number of carbonyl (C=O) groups excluding carboxylic acids is 2. The first-order chi connectivity index (χ1) is 19.3. The van der Waals surface area contributed by atoms with Gasteiger partial charge in [0.1, 0.15) is 22.8 Å². The minimum atomic E-state index is -4.53. The molecule has 0 bridgehead atoms. The third-order valence-corrected chi connectivity index (χ3v) is 10.1. The van der Waals surface area contributed by atoms with Crippen molar-refractivity contribution in [3.8, 4) is 17.2 Å². The summed E-state index contributed by atoms with van der Waals surface area (Å²) in [6.45, 7) is 18.6. The van der Waals surface area contributed by atoms with Crippen LogP contribution in [0.3, 0.4) is 0 Å². The van der Waals surface area contributed by atoms with E-state index < -0.39 is 29.0 Å². The van der Waals surface area contributed by atoms with E-state index in [-0.39, 0.29) is 27.8 Å². The maximum absolute atomic E-state index is 15.5. The van der Waals surface area contributed by atoms with Crippen LogP contribution < -0.4 is 19.5 Å². The van der Waals surface area contributed by atoms with Crippen molar-refractivity contribution < 1.29 is 28.4 Å². The molecule has 0 radical (unpaired) electrons. The van der Waals surface area contributed by atoms with Crippen LogP contribution in [0.1, 0.15) is 99.7 Å². The predicted octanol–water partition coefficient (Wildman–Crippen LogP) is 8.27. The molecule has 3 aromatic rings. The molecule has 0 saturated carbocycles. The van der Waals surface area contributed by atoms with E-state index in [0.29, 0.717) is 11.3 Å². The Bertz CT molecular complexity index is 1470. The molecule has 0 aliphatic heterocycles. The summed E-state index contributed by atoms with van der Waals surface area (Å²) in [6, 6.07) is 15.4. The molecule has 0 fully saturated rings. The quantitative estimate of drug-likeness (QED) is 0.245. The normalized spacial score (nSPS) is 13.7. The van der Waals surface area contributed by atoms with Crippen LogP contribution in [0.5, 0.6) is 17.2 Å². The van der Waals surface area contributed by atoms with Crippen molar-refractivity contribution in [2.45, 2.75) is 78.6 Å². The smallest absolute Gasteiger partial charge is 0.249 e. The first-order valence-corrected chi connectivity index (χ1v) is 15.8. The Morgan fingerprint density at radius 1 is 0.595 bits per heavy atom. The third kappa shape index (κ3) is 6.20. The lowest BCUT2D eigenvalue weighted by Gasteiger charge is -2.34. The van der Waals surface area contributed by atoms with Crippen LogP contribution in [0.25, 0.3) is 0 Å². The number of hydrogen-bond donors (Lipinski definition) is 0. The fourth-order valence-corrected chi connectivity index (χ4v) is 7.32. The van der Waals surface area contributed by atoms with Gasteiger partial charge in [0.15, 0.2) is 0 Å². The first kappa shape index (κ1) is 33.1. The minimum Gasteiger partial charge on any atom is -0.496 e. The summed E-state index contributed by atoms with van der Waals surface area (Å²) in [5.74, 6) is 0.606. The lowest BCUT2D eigenvalue weighted by molar-refractivity contribution is 0.103. The van der Waals surface area contributed by atoms with Crippen molar-refractivity contribution >= 4 is 23.5 Å². The highest BCUT2D eigenvalue weighted by molar-refractivity contribution is 8.01. The van der Waals surface area contributed by atoms with E-state index in [9.17, 15) is 4.79 Å². The maximum atomic E-state index is 15.5. The zero-order valence-electron chi connectivity index (χ0n) is 27.1. The highest BCUT2D eigenvalue weighted by Gasteiger charge is 2.48. The zero-order valence-corrected chi connectivity index (χ0v) is 28.0. The van der Waals surface area contributed by atoms with Gasteiger partial charge >= 0.3 is 0 Å². The molecule has 3 rings (SSSR count). The van der Waals surface area contributed by atoms with Crippen LogP contribution in [-0.2, 0) is 20.8 Å². The van der Waals surface area contributed by atoms with Gasteiger partial charge in [-0.15, -0.1) is 0 Å². The Morgan fingerprint density at radius 2 is 1.02 bits per heavy atom. The van der Waals surface area contributed by atoms with Crippen LogP contribution in [0.4, 0.5) is 0 Å². The summed E-state index contributed by atoms with van der Waals surface area (Å²) in [5.41, 5.74) is 0.0854. The molecule has 0 heterocycles. The van der Waals surface area contributed by atoms with Crippen LogP contribution >= 0.6 is 7.14 Å². The number of methoxy groups -OCH3 is 3. The fourth-order valence-electron chi connectivity index (χ4n) is 4.98. The summed E-state index contributed by atoms with van der Waals surface area (Å²) in [7, 11) is -0.238. The molecule has 0 saturated heterocycles. The Morgan fingerprint density at radius 3 is 1.38 bits per heavy atom.